The van der Waals surface area contributed by atoms with Gasteiger partial charge in [0.2, 0.25) is 0 Å². The van der Waals surface area contributed by atoms with Gasteiger partial charge in [-0.15, -0.1) is 0 Å². The largest absolute Gasteiger partial charge is 0.392 e. The highest BCUT2D eigenvalue weighted by Crippen LogP contribution is 2.39. The molecule has 0 aliphatic carbocycles. The molecule has 7 rings (SSSR count). The summed E-state index contributed by atoms with van der Waals surface area (Å²) < 4.78 is 13.2. The van der Waals surface area contributed by atoms with Gasteiger partial charge in [-0.1, -0.05) is 109 Å². The van der Waals surface area contributed by atoms with Crippen LogP contribution in [-0.4, -0.2) is 46.4 Å². The van der Waals surface area contributed by atoms with E-state index in [9.17, 15) is 14.7 Å². The molecule has 248 valence electrons. The van der Waals surface area contributed by atoms with Crippen molar-refractivity contribution in [1.82, 2.24) is 9.80 Å². The molecule has 2 aliphatic rings. The fourth-order valence-electron chi connectivity index (χ4n) is 6.75. The molecule has 1 N–H and O–H groups in total. The summed E-state index contributed by atoms with van der Waals surface area (Å²) in [5.74, 6) is -0.519. The Morgan fingerprint density at radius 1 is 0.735 bits per heavy atom. The number of rotatable bonds is 10. The second-order valence-electron chi connectivity index (χ2n) is 12.9. The smallest absolute Gasteiger partial charge is 0.261 e. The lowest BCUT2D eigenvalue weighted by Gasteiger charge is -2.39. The van der Waals surface area contributed by atoms with Crippen LogP contribution in [0.15, 0.2) is 127 Å². The normalized spacial score (nSPS) is 19.7. The molecule has 2 heterocycles. The minimum Gasteiger partial charge on any atom is -0.392 e. The van der Waals surface area contributed by atoms with Crippen LogP contribution in [0.1, 0.15) is 80.3 Å². The fraction of sp³-hybridized carbons (Fsp3) is 0.238. The molecule has 1 saturated heterocycles. The number of hydrogen-bond donors (Lipinski definition) is 1. The van der Waals surface area contributed by atoms with Gasteiger partial charge in [-0.2, -0.15) is 0 Å². The van der Waals surface area contributed by atoms with Crippen LogP contribution in [0.2, 0.25) is 0 Å². The van der Waals surface area contributed by atoms with E-state index < -0.39 is 6.29 Å². The molecule has 7 heteroatoms. The molecule has 0 spiro atoms. The van der Waals surface area contributed by atoms with E-state index in [1.165, 1.54) is 10.5 Å². The summed E-state index contributed by atoms with van der Waals surface area (Å²) >= 11 is 0. The number of likely N-dealkylation sites (N-methyl/N-ethyl adjacent to an activating group) is 1. The monoisotopic (exact) mass is 652 g/mol. The Labute approximate surface area is 287 Å². The van der Waals surface area contributed by atoms with E-state index in [0.29, 0.717) is 17.5 Å². The lowest BCUT2D eigenvalue weighted by molar-refractivity contribution is -0.253. The first-order valence-electron chi connectivity index (χ1n) is 16.8. The minimum atomic E-state index is -0.559. The van der Waals surface area contributed by atoms with Crippen molar-refractivity contribution in [2.45, 2.75) is 51.0 Å². The zero-order chi connectivity index (χ0) is 33.9. The van der Waals surface area contributed by atoms with E-state index in [1.54, 1.807) is 24.3 Å². The average molecular weight is 653 g/mol. The Kier molecular flexibility index (Phi) is 9.51. The van der Waals surface area contributed by atoms with Crippen LogP contribution in [-0.2, 0) is 22.6 Å². The summed E-state index contributed by atoms with van der Waals surface area (Å²) in [5.41, 5.74) is 7.88. The molecular formula is C42H40N2O5. The van der Waals surface area contributed by atoms with Gasteiger partial charge < -0.3 is 14.6 Å². The number of fused-ring (bicyclic) bond motifs is 1. The standard InChI is InChI=1S/C42H40N2O5/c1-28(31-10-4-3-5-11-31)43(2)26-36-24-39(33-17-15-29(27-45)16-18-33)49-42(48-36)34-21-19-32(20-22-34)35-12-8-9-30(23-35)25-44-40(46)37-13-6-7-14-38(37)41(44)47/h3-23,28,36,39,42,45H,24-27H2,1-2H3. The summed E-state index contributed by atoms with van der Waals surface area (Å²) in [6.45, 7) is 3.16. The first-order valence-corrected chi connectivity index (χ1v) is 16.8. The molecule has 0 radical (unpaired) electrons. The maximum atomic E-state index is 12.9. The second kappa shape index (κ2) is 14.3. The topological polar surface area (TPSA) is 79.3 Å². The Morgan fingerprint density at radius 3 is 2.06 bits per heavy atom. The average Bonchev–Trinajstić information content (AvgIpc) is 3.39. The summed E-state index contributed by atoms with van der Waals surface area (Å²) in [4.78, 5) is 29.5. The number of carbonyl (C=O) groups excluding carboxylic acids is 2. The van der Waals surface area contributed by atoms with Crippen molar-refractivity contribution < 1.29 is 24.2 Å². The van der Waals surface area contributed by atoms with E-state index in [0.717, 1.165) is 39.9 Å². The molecule has 2 amide bonds. The zero-order valence-corrected chi connectivity index (χ0v) is 27.7. The Balaban J connectivity index is 1.08. The van der Waals surface area contributed by atoms with Gasteiger partial charge in [0.15, 0.2) is 6.29 Å². The molecule has 4 atom stereocenters. The number of amides is 2. The van der Waals surface area contributed by atoms with Crippen molar-refractivity contribution in [2.24, 2.45) is 0 Å². The summed E-state index contributed by atoms with van der Waals surface area (Å²) in [6, 6.07) is 41.8. The van der Waals surface area contributed by atoms with Crippen LogP contribution in [0.5, 0.6) is 0 Å². The molecule has 5 aromatic rings. The molecule has 5 aromatic carbocycles. The number of aliphatic hydroxyl groups excluding tert-OH is 1. The van der Waals surface area contributed by atoms with E-state index in [4.69, 9.17) is 9.47 Å². The van der Waals surface area contributed by atoms with Crippen LogP contribution in [0.4, 0.5) is 0 Å². The number of carbonyl (C=O) groups is 2. The van der Waals surface area contributed by atoms with Crippen molar-refractivity contribution in [1.29, 1.82) is 0 Å². The van der Waals surface area contributed by atoms with Gasteiger partial charge >= 0.3 is 0 Å². The van der Waals surface area contributed by atoms with Gasteiger partial charge in [0.25, 0.3) is 11.8 Å². The molecule has 0 bridgehead atoms. The van der Waals surface area contributed by atoms with Gasteiger partial charge in [-0.05, 0) is 65.6 Å². The third kappa shape index (κ3) is 6.98. The van der Waals surface area contributed by atoms with Crippen LogP contribution in [0.3, 0.4) is 0 Å². The first kappa shape index (κ1) is 32.6. The predicted molar refractivity (Wildman–Crippen MR) is 188 cm³/mol. The van der Waals surface area contributed by atoms with E-state index >= 15 is 0 Å². The highest BCUT2D eigenvalue weighted by molar-refractivity contribution is 6.21. The van der Waals surface area contributed by atoms with Crippen molar-refractivity contribution in [3.8, 4) is 11.1 Å². The molecule has 1 fully saturated rings. The highest BCUT2D eigenvalue weighted by Gasteiger charge is 2.35. The Morgan fingerprint density at radius 2 is 1.39 bits per heavy atom. The molecule has 7 nitrogen and oxygen atoms in total. The number of nitrogens with zero attached hydrogens (tertiary/aromatic N) is 2. The van der Waals surface area contributed by atoms with Crippen LogP contribution >= 0.6 is 0 Å². The molecule has 0 aromatic heterocycles. The van der Waals surface area contributed by atoms with Crippen molar-refractivity contribution >= 4 is 11.8 Å². The number of benzene rings is 5. The quantitative estimate of drug-likeness (QED) is 0.155. The minimum absolute atomic E-state index is 0.000355. The van der Waals surface area contributed by atoms with Gasteiger partial charge in [-0.25, -0.2) is 0 Å². The number of aliphatic hydroxyl groups is 1. The van der Waals surface area contributed by atoms with E-state index in [1.807, 2.05) is 66.7 Å². The summed E-state index contributed by atoms with van der Waals surface area (Å²) in [5, 5.41) is 9.57. The first-order chi connectivity index (χ1) is 23.9. The third-order valence-electron chi connectivity index (χ3n) is 9.71. The van der Waals surface area contributed by atoms with Gasteiger partial charge in [0.05, 0.1) is 36.5 Å². The number of imide groups is 1. The molecule has 2 aliphatic heterocycles. The van der Waals surface area contributed by atoms with Gasteiger partial charge in [0.1, 0.15) is 0 Å². The summed E-state index contributed by atoms with van der Waals surface area (Å²) in [7, 11) is 2.13. The van der Waals surface area contributed by atoms with Crippen LogP contribution < -0.4 is 0 Å². The lowest BCUT2D eigenvalue weighted by Crippen LogP contribution is -2.38. The number of ether oxygens (including phenoxy) is 2. The second-order valence-corrected chi connectivity index (χ2v) is 12.9. The Hall–Kier alpha value is -4.92. The SMILES string of the molecule is CC(c1ccccc1)N(C)CC1CC(c2ccc(CO)cc2)OC(c2ccc(-c3cccc(CN4C(=O)c5ccccc5C4=O)c3)cc2)O1. The maximum absolute atomic E-state index is 12.9. The van der Waals surface area contributed by atoms with E-state index in [-0.39, 0.29) is 43.2 Å². The Bertz CT molecular complexity index is 1890. The molecule has 4 unspecified atom stereocenters. The third-order valence-corrected chi connectivity index (χ3v) is 9.71. The van der Waals surface area contributed by atoms with Gasteiger partial charge in [0, 0.05) is 24.6 Å². The van der Waals surface area contributed by atoms with Crippen molar-refractivity contribution in [2.75, 3.05) is 13.6 Å². The molecule has 0 saturated carbocycles. The van der Waals surface area contributed by atoms with Crippen LogP contribution in [0, 0.1) is 0 Å². The van der Waals surface area contributed by atoms with Crippen molar-refractivity contribution in [3.63, 3.8) is 0 Å². The van der Waals surface area contributed by atoms with Crippen LogP contribution in [0.25, 0.3) is 11.1 Å². The molecular weight excluding hydrogens is 612 g/mol. The lowest BCUT2D eigenvalue weighted by atomic mass is 9.98. The van der Waals surface area contributed by atoms with E-state index in [2.05, 4.69) is 55.3 Å². The highest BCUT2D eigenvalue weighted by atomic mass is 16.7. The molecule has 49 heavy (non-hydrogen) atoms. The van der Waals surface area contributed by atoms with Gasteiger partial charge in [-0.3, -0.25) is 19.4 Å². The summed E-state index contributed by atoms with van der Waals surface area (Å²) in [6.07, 6.45) is -0.0963. The predicted octanol–water partition coefficient (Wildman–Crippen LogP) is 7.88. The number of hydrogen-bond acceptors (Lipinski definition) is 6. The maximum Gasteiger partial charge on any atom is 0.261 e. The fourth-order valence-corrected chi connectivity index (χ4v) is 6.75. The van der Waals surface area contributed by atoms with Crippen molar-refractivity contribution in [3.05, 3.63) is 166 Å². The zero-order valence-electron chi connectivity index (χ0n) is 27.7.